The third-order valence-electron chi connectivity index (χ3n) is 3.31. The zero-order valence-electron chi connectivity index (χ0n) is 11.9. The largest absolute Gasteiger partial charge is 0.493 e. The molecular formula is C17H22ClNO. The molecule has 1 atom stereocenters. The molecule has 1 unspecified atom stereocenters. The Morgan fingerprint density at radius 1 is 1.15 bits per heavy atom. The van der Waals surface area contributed by atoms with Crippen molar-refractivity contribution < 1.29 is 4.74 Å². The Labute approximate surface area is 126 Å². The number of ether oxygens (including phenoxy) is 1. The smallest absolute Gasteiger partial charge is 0.127 e. The summed E-state index contributed by atoms with van der Waals surface area (Å²) in [5.74, 6) is 0.965. The van der Waals surface area contributed by atoms with Gasteiger partial charge in [0.25, 0.3) is 0 Å². The predicted molar refractivity (Wildman–Crippen MR) is 86.9 cm³/mol. The summed E-state index contributed by atoms with van der Waals surface area (Å²) in [6.45, 7) is 4.63. The molecule has 0 spiro atoms. The summed E-state index contributed by atoms with van der Waals surface area (Å²) in [5, 5.41) is 5.97. The van der Waals surface area contributed by atoms with Crippen molar-refractivity contribution in [2.75, 3.05) is 19.7 Å². The lowest BCUT2D eigenvalue weighted by Crippen LogP contribution is -2.24. The van der Waals surface area contributed by atoms with Gasteiger partial charge in [0.05, 0.1) is 6.61 Å². The van der Waals surface area contributed by atoms with Crippen molar-refractivity contribution >= 4 is 22.4 Å². The normalized spacial score (nSPS) is 12.5. The van der Waals surface area contributed by atoms with Gasteiger partial charge in [0.2, 0.25) is 0 Å². The van der Waals surface area contributed by atoms with Gasteiger partial charge in [-0.05, 0) is 30.8 Å². The monoisotopic (exact) mass is 291 g/mol. The maximum Gasteiger partial charge on any atom is 0.127 e. The van der Waals surface area contributed by atoms with Crippen LogP contribution < -0.4 is 10.1 Å². The first-order valence-electron chi connectivity index (χ1n) is 7.26. The quantitative estimate of drug-likeness (QED) is 0.581. The molecule has 0 fully saturated rings. The van der Waals surface area contributed by atoms with E-state index in [1.54, 1.807) is 0 Å². The molecule has 2 rings (SSSR count). The van der Waals surface area contributed by atoms with Gasteiger partial charge in [-0.3, -0.25) is 0 Å². The highest BCUT2D eigenvalue weighted by Crippen LogP contribution is 2.25. The van der Waals surface area contributed by atoms with Crippen molar-refractivity contribution in [1.82, 2.24) is 5.32 Å². The average Bonchev–Trinajstić information content (AvgIpc) is 2.50. The van der Waals surface area contributed by atoms with E-state index >= 15 is 0 Å². The molecule has 20 heavy (non-hydrogen) atoms. The number of benzene rings is 2. The zero-order valence-corrected chi connectivity index (χ0v) is 12.7. The Morgan fingerprint density at radius 3 is 2.80 bits per heavy atom. The van der Waals surface area contributed by atoms with Crippen LogP contribution in [0.15, 0.2) is 42.5 Å². The lowest BCUT2D eigenvalue weighted by molar-refractivity contribution is 0.311. The first-order valence-corrected chi connectivity index (χ1v) is 7.70. The molecule has 0 amide bonds. The minimum atomic E-state index is 0.231. The fraction of sp³-hybridized carbons (Fsp3) is 0.412. The van der Waals surface area contributed by atoms with Crippen molar-refractivity contribution in [2.24, 2.45) is 0 Å². The maximum absolute atomic E-state index is 6.05. The molecule has 2 aromatic carbocycles. The molecule has 2 nitrogen and oxygen atoms in total. The topological polar surface area (TPSA) is 21.3 Å². The summed E-state index contributed by atoms with van der Waals surface area (Å²) in [7, 11) is 0. The van der Waals surface area contributed by atoms with E-state index in [4.69, 9.17) is 16.3 Å². The van der Waals surface area contributed by atoms with E-state index in [2.05, 4.69) is 30.4 Å². The summed E-state index contributed by atoms with van der Waals surface area (Å²) in [6, 6.07) is 14.5. The SMILES string of the molecule is CCC(Cl)CNCCCOc1cccc2ccccc12. The number of alkyl halides is 1. The molecule has 1 N–H and O–H groups in total. The van der Waals surface area contributed by atoms with Crippen LogP contribution in [-0.4, -0.2) is 25.1 Å². The molecule has 3 heteroatoms. The van der Waals surface area contributed by atoms with Crippen molar-refractivity contribution in [3.8, 4) is 5.75 Å². The molecule has 0 aliphatic carbocycles. The van der Waals surface area contributed by atoms with E-state index in [1.165, 1.54) is 10.8 Å². The van der Waals surface area contributed by atoms with Gasteiger partial charge < -0.3 is 10.1 Å². The van der Waals surface area contributed by atoms with E-state index in [0.29, 0.717) is 0 Å². The number of rotatable bonds is 8. The van der Waals surface area contributed by atoms with Gasteiger partial charge in [0.15, 0.2) is 0 Å². The van der Waals surface area contributed by atoms with Crippen LogP contribution in [0.3, 0.4) is 0 Å². The minimum Gasteiger partial charge on any atom is -0.493 e. The summed E-state index contributed by atoms with van der Waals surface area (Å²) < 4.78 is 5.88. The van der Waals surface area contributed by atoms with Gasteiger partial charge in [-0.15, -0.1) is 11.6 Å². The molecular weight excluding hydrogens is 270 g/mol. The summed E-state index contributed by atoms with van der Waals surface area (Å²) in [6.07, 6.45) is 1.98. The van der Waals surface area contributed by atoms with Gasteiger partial charge in [-0.1, -0.05) is 43.3 Å². The number of fused-ring (bicyclic) bond motifs is 1. The first-order chi connectivity index (χ1) is 9.81. The van der Waals surface area contributed by atoms with Gasteiger partial charge >= 0.3 is 0 Å². The second-order valence-electron chi connectivity index (χ2n) is 4.89. The molecule has 0 aromatic heterocycles. The highest BCUT2D eigenvalue weighted by Gasteiger charge is 2.01. The zero-order chi connectivity index (χ0) is 14.2. The van der Waals surface area contributed by atoms with Crippen LogP contribution in [-0.2, 0) is 0 Å². The predicted octanol–water partition coefficient (Wildman–Crippen LogP) is 4.22. The molecule has 0 bridgehead atoms. The Balaban J connectivity index is 1.76. The fourth-order valence-corrected chi connectivity index (χ4v) is 2.21. The van der Waals surface area contributed by atoms with Crippen LogP contribution in [0.5, 0.6) is 5.75 Å². The van der Waals surface area contributed by atoms with Crippen molar-refractivity contribution in [3.63, 3.8) is 0 Å². The summed E-state index contributed by atoms with van der Waals surface area (Å²) in [5.41, 5.74) is 0. The number of hydrogen-bond donors (Lipinski definition) is 1. The molecule has 0 aliphatic rings. The fourth-order valence-electron chi connectivity index (χ4n) is 2.10. The Kier molecular flexibility index (Phi) is 6.16. The Bertz CT molecular complexity index is 524. The standard InChI is InChI=1S/C17H22ClNO/c1-2-15(18)13-19-11-6-12-20-17-10-5-8-14-7-3-4-9-16(14)17/h3-5,7-10,15,19H,2,6,11-13H2,1H3. The van der Waals surface area contributed by atoms with Crippen LogP contribution in [0.1, 0.15) is 19.8 Å². The Morgan fingerprint density at radius 2 is 1.95 bits per heavy atom. The van der Waals surface area contributed by atoms with Gasteiger partial charge in [0.1, 0.15) is 5.75 Å². The van der Waals surface area contributed by atoms with Crippen molar-refractivity contribution in [1.29, 1.82) is 0 Å². The van der Waals surface area contributed by atoms with E-state index < -0.39 is 0 Å². The Hall–Kier alpha value is -1.25. The highest BCUT2D eigenvalue weighted by molar-refractivity contribution is 6.20. The van der Waals surface area contributed by atoms with Crippen molar-refractivity contribution in [3.05, 3.63) is 42.5 Å². The lowest BCUT2D eigenvalue weighted by atomic mass is 10.1. The second kappa shape index (κ2) is 8.13. The van der Waals surface area contributed by atoms with Gasteiger partial charge in [-0.2, -0.15) is 0 Å². The first kappa shape index (κ1) is 15.1. The van der Waals surface area contributed by atoms with Crippen LogP contribution in [0, 0.1) is 0 Å². The van der Waals surface area contributed by atoms with E-state index in [0.717, 1.165) is 38.3 Å². The van der Waals surface area contributed by atoms with Gasteiger partial charge in [-0.25, -0.2) is 0 Å². The van der Waals surface area contributed by atoms with Crippen LogP contribution in [0.4, 0.5) is 0 Å². The number of hydrogen-bond acceptors (Lipinski definition) is 2. The molecule has 0 saturated heterocycles. The number of halogens is 1. The summed E-state index contributed by atoms with van der Waals surface area (Å²) >= 11 is 6.05. The molecule has 0 radical (unpaired) electrons. The molecule has 108 valence electrons. The molecule has 2 aromatic rings. The highest BCUT2D eigenvalue weighted by atomic mass is 35.5. The van der Waals surface area contributed by atoms with Crippen LogP contribution in [0.25, 0.3) is 10.8 Å². The third-order valence-corrected chi connectivity index (χ3v) is 3.78. The van der Waals surface area contributed by atoms with E-state index in [-0.39, 0.29) is 5.38 Å². The third kappa shape index (κ3) is 4.39. The van der Waals surface area contributed by atoms with Crippen LogP contribution in [0.2, 0.25) is 0 Å². The van der Waals surface area contributed by atoms with E-state index in [1.807, 2.05) is 24.3 Å². The maximum atomic E-state index is 6.05. The molecule has 0 heterocycles. The lowest BCUT2D eigenvalue weighted by Gasteiger charge is -2.11. The van der Waals surface area contributed by atoms with E-state index in [9.17, 15) is 0 Å². The average molecular weight is 292 g/mol. The van der Waals surface area contributed by atoms with Gasteiger partial charge in [0, 0.05) is 17.3 Å². The minimum absolute atomic E-state index is 0.231. The second-order valence-corrected chi connectivity index (χ2v) is 5.51. The van der Waals surface area contributed by atoms with Crippen LogP contribution >= 0.6 is 11.6 Å². The molecule has 0 aliphatic heterocycles. The number of nitrogens with one attached hydrogen (secondary N) is 1. The molecule has 0 saturated carbocycles. The van der Waals surface area contributed by atoms with Crippen molar-refractivity contribution in [2.45, 2.75) is 25.1 Å². The summed E-state index contributed by atoms with van der Waals surface area (Å²) in [4.78, 5) is 0.